The summed E-state index contributed by atoms with van der Waals surface area (Å²) in [5, 5.41) is 23.3. The van der Waals surface area contributed by atoms with Crippen LogP contribution in [0.4, 0.5) is 0 Å². The van der Waals surface area contributed by atoms with E-state index >= 15 is 0 Å². The zero-order valence-electron chi connectivity index (χ0n) is 55.0. The summed E-state index contributed by atoms with van der Waals surface area (Å²) in [6.45, 7) is 4.94. The first-order chi connectivity index (χ1) is 40.0. The molecule has 0 aromatic heterocycles. The van der Waals surface area contributed by atoms with Crippen LogP contribution in [0, 0.1) is 0 Å². The highest BCUT2D eigenvalue weighted by Gasteiger charge is 2.18. The number of allylic oxidation sites excluding steroid dienone is 3. The lowest BCUT2D eigenvalue weighted by atomic mass is 10.0. The second-order valence-corrected chi connectivity index (χ2v) is 25.6. The lowest BCUT2D eigenvalue weighted by Crippen LogP contribution is -2.45. The van der Waals surface area contributed by atoms with E-state index in [1.54, 1.807) is 6.08 Å². The molecule has 0 rings (SSSR count). The van der Waals surface area contributed by atoms with Crippen molar-refractivity contribution in [2.45, 2.75) is 431 Å². The highest BCUT2D eigenvalue weighted by molar-refractivity contribution is 5.76. The molecule has 6 nitrogen and oxygen atoms in total. The summed E-state index contributed by atoms with van der Waals surface area (Å²) in [6.07, 6.45) is 89.8. The molecule has 0 aliphatic carbocycles. The predicted molar refractivity (Wildman–Crippen MR) is 356 cm³/mol. The molecule has 0 spiro atoms. The molecule has 3 N–H and O–H groups in total. The summed E-state index contributed by atoms with van der Waals surface area (Å²) >= 11 is 0. The summed E-state index contributed by atoms with van der Waals surface area (Å²) in [5.74, 6) is -0.0539. The predicted octanol–water partition coefficient (Wildman–Crippen LogP) is 24.1. The van der Waals surface area contributed by atoms with Crippen LogP contribution >= 0.6 is 0 Å². The summed E-state index contributed by atoms with van der Waals surface area (Å²) in [4.78, 5) is 24.6. The van der Waals surface area contributed by atoms with E-state index in [0.717, 1.165) is 44.9 Å². The molecule has 0 saturated heterocycles. The lowest BCUT2D eigenvalue weighted by molar-refractivity contribution is -0.143. The number of hydrogen-bond donors (Lipinski definition) is 3. The molecule has 480 valence electrons. The molecule has 0 aliphatic heterocycles. The minimum Gasteiger partial charge on any atom is -0.466 e. The molecule has 81 heavy (non-hydrogen) atoms. The molecular formula is C75H145NO5. The van der Waals surface area contributed by atoms with Crippen LogP contribution in [0.15, 0.2) is 24.3 Å². The Morgan fingerprint density at radius 1 is 0.333 bits per heavy atom. The third kappa shape index (κ3) is 67.3. The van der Waals surface area contributed by atoms with Gasteiger partial charge in [0.15, 0.2) is 0 Å². The third-order valence-corrected chi connectivity index (χ3v) is 17.5. The van der Waals surface area contributed by atoms with Gasteiger partial charge < -0.3 is 20.3 Å². The van der Waals surface area contributed by atoms with E-state index in [2.05, 4.69) is 31.3 Å². The summed E-state index contributed by atoms with van der Waals surface area (Å²) < 4.78 is 5.49. The van der Waals surface area contributed by atoms with Crippen molar-refractivity contribution >= 4 is 11.9 Å². The molecule has 0 heterocycles. The van der Waals surface area contributed by atoms with Crippen molar-refractivity contribution in [3.63, 3.8) is 0 Å². The minimum absolute atomic E-state index is 0.00806. The van der Waals surface area contributed by atoms with E-state index in [4.69, 9.17) is 4.74 Å². The number of rotatable bonds is 70. The van der Waals surface area contributed by atoms with Gasteiger partial charge in [-0.15, -0.1) is 0 Å². The van der Waals surface area contributed by atoms with E-state index in [1.807, 2.05) is 6.08 Å². The Morgan fingerprint density at radius 2 is 0.580 bits per heavy atom. The first-order valence-electron chi connectivity index (χ1n) is 37.1. The van der Waals surface area contributed by atoms with Crippen molar-refractivity contribution in [1.29, 1.82) is 0 Å². The molecular weight excluding hydrogens is 995 g/mol. The SMILES string of the molecule is CCCCCCCC/C=C\CCCCCCCC(=O)OCCCCCCCCCCCCCCCCCCCCCCCCCCC(=O)NC(CO)C(O)/C=C/CCCCCCCCCCCCCCCCCCCCCCCCC. The van der Waals surface area contributed by atoms with Gasteiger partial charge in [-0.2, -0.15) is 0 Å². The number of aliphatic hydroxyl groups is 2. The molecule has 6 heteroatoms. The monoisotopic (exact) mass is 1140 g/mol. The number of hydrogen-bond acceptors (Lipinski definition) is 5. The molecule has 2 unspecified atom stereocenters. The molecule has 0 fully saturated rings. The minimum atomic E-state index is -0.845. The van der Waals surface area contributed by atoms with Crippen LogP contribution in [0.1, 0.15) is 418 Å². The number of amides is 1. The third-order valence-electron chi connectivity index (χ3n) is 17.5. The highest BCUT2D eigenvalue weighted by atomic mass is 16.5. The van der Waals surface area contributed by atoms with Crippen LogP contribution in [0.25, 0.3) is 0 Å². The van der Waals surface area contributed by atoms with Crippen LogP contribution in [0.2, 0.25) is 0 Å². The Bertz CT molecular complexity index is 1270. The van der Waals surface area contributed by atoms with E-state index in [9.17, 15) is 19.8 Å². The van der Waals surface area contributed by atoms with Gasteiger partial charge in [0, 0.05) is 12.8 Å². The maximum absolute atomic E-state index is 12.5. The maximum atomic E-state index is 12.5. The van der Waals surface area contributed by atoms with Crippen molar-refractivity contribution in [3.8, 4) is 0 Å². The zero-order chi connectivity index (χ0) is 58.5. The number of unbranched alkanes of at least 4 members (excludes halogenated alkanes) is 57. The Kier molecular flexibility index (Phi) is 69.4. The van der Waals surface area contributed by atoms with E-state index in [-0.39, 0.29) is 18.5 Å². The van der Waals surface area contributed by atoms with Gasteiger partial charge in [-0.3, -0.25) is 9.59 Å². The van der Waals surface area contributed by atoms with Gasteiger partial charge in [0.05, 0.1) is 25.4 Å². The Morgan fingerprint density at radius 3 is 0.877 bits per heavy atom. The van der Waals surface area contributed by atoms with E-state index < -0.39 is 12.1 Å². The van der Waals surface area contributed by atoms with Crippen molar-refractivity contribution in [2.24, 2.45) is 0 Å². The van der Waals surface area contributed by atoms with Gasteiger partial charge >= 0.3 is 5.97 Å². The number of nitrogens with one attached hydrogen (secondary N) is 1. The first-order valence-corrected chi connectivity index (χ1v) is 37.1. The molecule has 1 amide bonds. The van der Waals surface area contributed by atoms with Crippen molar-refractivity contribution in [2.75, 3.05) is 13.2 Å². The van der Waals surface area contributed by atoms with Crippen molar-refractivity contribution in [3.05, 3.63) is 24.3 Å². The summed E-state index contributed by atoms with van der Waals surface area (Å²) in [6, 6.07) is -0.628. The Balaban J connectivity index is 3.39. The zero-order valence-corrected chi connectivity index (χ0v) is 55.0. The number of esters is 1. The molecule has 0 aromatic carbocycles. The second-order valence-electron chi connectivity index (χ2n) is 25.6. The van der Waals surface area contributed by atoms with Crippen molar-refractivity contribution < 1.29 is 24.5 Å². The topological polar surface area (TPSA) is 95.9 Å². The fourth-order valence-electron chi connectivity index (χ4n) is 11.8. The van der Waals surface area contributed by atoms with Crippen LogP contribution in [-0.2, 0) is 14.3 Å². The van der Waals surface area contributed by atoms with Crippen molar-refractivity contribution in [1.82, 2.24) is 5.32 Å². The standard InChI is InChI=1S/C75H145NO5/c1-3-5-7-9-11-13-15-17-19-20-21-22-23-24-27-30-33-36-40-43-47-51-55-59-63-67-73(78)72(71-77)76-74(79)68-64-60-56-52-48-44-41-37-34-31-28-25-26-29-32-35-38-42-46-50-54-58-62-66-70-81-75(80)69-65-61-57-53-49-45-39-18-16-14-12-10-8-6-4-2/h18,39,63,67,72-73,77-78H,3-17,19-38,40-62,64-66,68-71H2,1-2H3,(H,76,79)/b39-18-,67-63+. The number of ether oxygens (including phenoxy) is 1. The van der Waals surface area contributed by atoms with Crippen LogP contribution < -0.4 is 5.32 Å². The molecule has 0 bridgehead atoms. The molecule has 0 aromatic rings. The Hall–Kier alpha value is -1.66. The second kappa shape index (κ2) is 70.8. The van der Waals surface area contributed by atoms with Crippen LogP contribution in [0.3, 0.4) is 0 Å². The largest absolute Gasteiger partial charge is 0.466 e. The fourth-order valence-corrected chi connectivity index (χ4v) is 11.8. The summed E-state index contributed by atoms with van der Waals surface area (Å²) in [7, 11) is 0. The average molecular weight is 1140 g/mol. The normalized spacial score (nSPS) is 12.6. The number of carbonyl (C=O) groups is 2. The lowest BCUT2D eigenvalue weighted by Gasteiger charge is -2.20. The Labute approximate surface area is 507 Å². The van der Waals surface area contributed by atoms with Crippen LogP contribution in [0.5, 0.6) is 0 Å². The van der Waals surface area contributed by atoms with Gasteiger partial charge in [-0.25, -0.2) is 0 Å². The van der Waals surface area contributed by atoms with Gasteiger partial charge in [-0.1, -0.05) is 372 Å². The quantitative estimate of drug-likeness (QED) is 0.0320. The van der Waals surface area contributed by atoms with E-state index in [1.165, 1.54) is 347 Å². The first kappa shape index (κ1) is 79.3. The molecule has 0 saturated carbocycles. The molecule has 2 atom stereocenters. The van der Waals surface area contributed by atoms with Gasteiger partial charge in [0.1, 0.15) is 0 Å². The van der Waals surface area contributed by atoms with Gasteiger partial charge in [0.2, 0.25) is 5.91 Å². The van der Waals surface area contributed by atoms with E-state index in [0.29, 0.717) is 19.4 Å². The maximum Gasteiger partial charge on any atom is 0.305 e. The summed E-state index contributed by atoms with van der Waals surface area (Å²) in [5.41, 5.74) is 0. The van der Waals surface area contributed by atoms with Gasteiger partial charge in [0.25, 0.3) is 0 Å². The fraction of sp³-hybridized carbons (Fsp3) is 0.920. The molecule has 0 aliphatic rings. The van der Waals surface area contributed by atoms with Gasteiger partial charge in [-0.05, 0) is 57.8 Å². The number of aliphatic hydroxyl groups excluding tert-OH is 2. The smallest absolute Gasteiger partial charge is 0.305 e. The number of carbonyl (C=O) groups excluding carboxylic acids is 2. The highest BCUT2D eigenvalue weighted by Crippen LogP contribution is 2.19. The average Bonchev–Trinajstić information content (AvgIpc) is 3.47. The molecule has 0 radical (unpaired) electrons. The van der Waals surface area contributed by atoms with Crippen LogP contribution in [-0.4, -0.2) is 47.4 Å².